The van der Waals surface area contributed by atoms with Crippen LogP contribution in [0.3, 0.4) is 0 Å². The fourth-order valence-corrected chi connectivity index (χ4v) is 2.71. The fraction of sp³-hybridized carbons (Fsp3) is 0.917. The largest absolute Gasteiger partial charge is 0.352 e. The summed E-state index contributed by atoms with van der Waals surface area (Å²) in [6.45, 7) is 2.08. The summed E-state index contributed by atoms with van der Waals surface area (Å²) in [5.74, 6) is 1.19. The number of amides is 1. The van der Waals surface area contributed by atoms with Crippen molar-refractivity contribution in [2.75, 3.05) is 13.1 Å². The number of hydrogen-bond acceptors (Lipinski definition) is 2. The first kappa shape index (κ1) is 10.9. The molecule has 2 aliphatic rings. The summed E-state index contributed by atoms with van der Waals surface area (Å²) in [5, 5.41) is 6.44. The zero-order valence-electron chi connectivity index (χ0n) is 9.43. The smallest absolute Gasteiger partial charge is 0.220 e. The van der Waals surface area contributed by atoms with Gasteiger partial charge in [0.05, 0.1) is 0 Å². The molecule has 1 aliphatic carbocycles. The Balaban J connectivity index is 1.49. The van der Waals surface area contributed by atoms with Crippen molar-refractivity contribution in [3.63, 3.8) is 0 Å². The van der Waals surface area contributed by atoms with Crippen molar-refractivity contribution >= 4 is 5.91 Å². The second kappa shape index (κ2) is 5.50. The van der Waals surface area contributed by atoms with Crippen molar-refractivity contribution in [2.45, 2.75) is 51.0 Å². The minimum atomic E-state index is 0.220. The standard InChI is InChI=1S/C12H22N2O/c15-12-6-5-11(14-12)9-13-8-7-10-3-1-2-4-10/h10-11,13H,1-9H2,(H,14,15). The van der Waals surface area contributed by atoms with Gasteiger partial charge in [0, 0.05) is 19.0 Å². The van der Waals surface area contributed by atoms with E-state index in [-0.39, 0.29) is 5.91 Å². The molecular weight excluding hydrogens is 188 g/mol. The van der Waals surface area contributed by atoms with Crippen LogP contribution in [0.2, 0.25) is 0 Å². The monoisotopic (exact) mass is 210 g/mol. The highest BCUT2D eigenvalue weighted by Gasteiger charge is 2.20. The van der Waals surface area contributed by atoms with Crippen LogP contribution in [0.1, 0.15) is 44.9 Å². The molecule has 0 spiro atoms. The fourth-order valence-electron chi connectivity index (χ4n) is 2.71. The average Bonchev–Trinajstić information content (AvgIpc) is 2.84. The second-order valence-electron chi connectivity index (χ2n) is 4.95. The minimum Gasteiger partial charge on any atom is -0.352 e. The first-order chi connectivity index (χ1) is 7.34. The van der Waals surface area contributed by atoms with E-state index in [1.807, 2.05) is 0 Å². The highest BCUT2D eigenvalue weighted by atomic mass is 16.1. The summed E-state index contributed by atoms with van der Waals surface area (Å²) in [6.07, 6.45) is 8.78. The van der Waals surface area contributed by atoms with E-state index < -0.39 is 0 Å². The van der Waals surface area contributed by atoms with Gasteiger partial charge >= 0.3 is 0 Å². The van der Waals surface area contributed by atoms with Gasteiger partial charge in [0.1, 0.15) is 0 Å². The summed E-state index contributed by atoms with van der Waals surface area (Å²) in [4.78, 5) is 11.0. The van der Waals surface area contributed by atoms with Crippen LogP contribution in [0.25, 0.3) is 0 Å². The predicted octanol–water partition coefficient (Wildman–Crippen LogP) is 1.43. The highest BCUT2D eigenvalue weighted by Crippen LogP contribution is 2.26. The van der Waals surface area contributed by atoms with Crippen LogP contribution in [0.15, 0.2) is 0 Å². The maximum atomic E-state index is 11.0. The van der Waals surface area contributed by atoms with E-state index in [2.05, 4.69) is 10.6 Å². The molecule has 1 heterocycles. The van der Waals surface area contributed by atoms with Gasteiger partial charge in [-0.05, 0) is 25.3 Å². The molecule has 0 bridgehead atoms. The maximum Gasteiger partial charge on any atom is 0.220 e. The van der Waals surface area contributed by atoms with Gasteiger partial charge in [0.25, 0.3) is 0 Å². The van der Waals surface area contributed by atoms with Crippen molar-refractivity contribution in [1.82, 2.24) is 10.6 Å². The average molecular weight is 210 g/mol. The third kappa shape index (κ3) is 3.49. The van der Waals surface area contributed by atoms with E-state index in [1.165, 1.54) is 32.1 Å². The predicted molar refractivity (Wildman–Crippen MR) is 60.6 cm³/mol. The molecule has 1 amide bonds. The second-order valence-corrected chi connectivity index (χ2v) is 4.95. The first-order valence-electron chi connectivity index (χ1n) is 6.34. The molecule has 3 heteroatoms. The molecule has 1 atom stereocenters. The normalized spacial score (nSPS) is 27.2. The summed E-state index contributed by atoms with van der Waals surface area (Å²) >= 11 is 0. The molecule has 0 aromatic carbocycles. The van der Waals surface area contributed by atoms with E-state index in [9.17, 15) is 4.79 Å². The van der Waals surface area contributed by atoms with Crippen LogP contribution in [0.5, 0.6) is 0 Å². The van der Waals surface area contributed by atoms with Crippen molar-refractivity contribution in [3.05, 3.63) is 0 Å². The van der Waals surface area contributed by atoms with Gasteiger partial charge in [-0.1, -0.05) is 25.7 Å². The van der Waals surface area contributed by atoms with Crippen LogP contribution in [-0.4, -0.2) is 25.0 Å². The molecule has 3 nitrogen and oxygen atoms in total. The molecular formula is C12H22N2O. The molecule has 1 saturated heterocycles. The zero-order chi connectivity index (χ0) is 10.5. The minimum absolute atomic E-state index is 0.220. The van der Waals surface area contributed by atoms with Crippen LogP contribution in [-0.2, 0) is 4.79 Å². The molecule has 86 valence electrons. The summed E-state index contributed by atoms with van der Waals surface area (Å²) in [5.41, 5.74) is 0. The van der Waals surface area contributed by atoms with Crippen LogP contribution in [0.4, 0.5) is 0 Å². The number of hydrogen-bond donors (Lipinski definition) is 2. The Morgan fingerprint density at radius 1 is 1.27 bits per heavy atom. The van der Waals surface area contributed by atoms with E-state index in [0.29, 0.717) is 6.04 Å². The Labute approximate surface area is 92.0 Å². The van der Waals surface area contributed by atoms with E-state index in [1.54, 1.807) is 0 Å². The lowest BCUT2D eigenvalue weighted by atomic mass is 10.0. The molecule has 2 fully saturated rings. The van der Waals surface area contributed by atoms with Crippen molar-refractivity contribution in [3.8, 4) is 0 Å². The number of carbonyl (C=O) groups is 1. The van der Waals surface area contributed by atoms with Gasteiger partial charge in [0.15, 0.2) is 0 Å². The molecule has 2 N–H and O–H groups in total. The molecule has 15 heavy (non-hydrogen) atoms. The third-order valence-electron chi connectivity index (χ3n) is 3.68. The quantitative estimate of drug-likeness (QED) is 0.674. The van der Waals surface area contributed by atoms with Crippen LogP contribution < -0.4 is 10.6 Å². The van der Waals surface area contributed by atoms with Crippen LogP contribution in [0, 0.1) is 5.92 Å². The molecule has 0 radical (unpaired) electrons. The van der Waals surface area contributed by atoms with E-state index in [4.69, 9.17) is 0 Å². The topological polar surface area (TPSA) is 41.1 Å². The summed E-state index contributed by atoms with van der Waals surface area (Å²) < 4.78 is 0. The third-order valence-corrected chi connectivity index (χ3v) is 3.68. The molecule has 1 saturated carbocycles. The lowest BCUT2D eigenvalue weighted by Crippen LogP contribution is -2.36. The van der Waals surface area contributed by atoms with Crippen molar-refractivity contribution < 1.29 is 4.79 Å². The number of nitrogens with one attached hydrogen (secondary N) is 2. The molecule has 0 aromatic rings. The lowest BCUT2D eigenvalue weighted by Gasteiger charge is -2.13. The number of rotatable bonds is 5. The van der Waals surface area contributed by atoms with Crippen LogP contribution >= 0.6 is 0 Å². The van der Waals surface area contributed by atoms with E-state index in [0.717, 1.165) is 31.8 Å². The van der Waals surface area contributed by atoms with E-state index >= 15 is 0 Å². The first-order valence-corrected chi connectivity index (χ1v) is 6.34. The molecule has 1 aliphatic heterocycles. The summed E-state index contributed by atoms with van der Waals surface area (Å²) in [6, 6.07) is 0.390. The maximum absolute atomic E-state index is 11.0. The van der Waals surface area contributed by atoms with Crippen molar-refractivity contribution in [2.24, 2.45) is 5.92 Å². The Hall–Kier alpha value is -0.570. The molecule has 0 aromatic heterocycles. The Morgan fingerprint density at radius 3 is 2.73 bits per heavy atom. The lowest BCUT2D eigenvalue weighted by molar-refractivity contribution is -0.119. The van der Waals surface area contributed by atoms with Gasteiger partial charge in [-0.15, -0.1) is 0 Å². The summed E-state index contributed by atoms with van der Waals surface area (Å²) in [7, 11) is 0. The molecule has 2 rings (SSSR count). The van der Waals surface area contributed by atoms with Gasteiger partial charge in [-0.25, -0.2) is 0 Å². The van der Waals surface area contributed by atoms with Gasteiger partial charge in [-0.3, -0.25) is 4.79 Å². The van der Waals surface area contributed by atoms with Gasteiger partial charge in [0.2, 0.25) is 5.91 Å². The Bertz CT molecular complexity index is 212. The van der Waals surface area contributed by atoms with Gasteiger partial charge < -0.3 is 10.6 Å². The van der Waals surface area contributed by atoms with Crippen molar-refractivity contribution in [1.29, 1.82) is 0 Å². The highest BCUT2D eigenvalue weighted by molar-refractivity contribution is 5.78. The molecule has 1 unspecified atom stereocenters. The number of carbonyl (C=O) groups excluding carboxylic acids is 1. The SMILES string of the molecule is O=C1CCC(CNCCC2CCCC2)N1. The Morgan fingerprint density at radius 2 is 2.07 bits per heavy atom. The zero-order valence-corrected chi connectivity index (χ0v) is 9.43. The Kier molecular flexibility index (Phi) is 4.01. The van der Waals surface area contributed by atoms with Gasteiger partial charge in [-0.2, -0.15) is 0 Å².